The molecule has 0 unspecified atom stereocenters. The molecule has 0 saturated heterocycles. The third-order valence-electron chi connectivity index (χ3n) is 4.01. The molecule has 0 radical (unpaired) electrons. The first-order valence-corrected chi connectivity index (χ1v) is 8.27. The number of hydrogen-bond donors (Lipinski definition) is 1. The molecule has 0 fully saturated rings. The van der Waals surface area contributed by atoms with Crippen LogP contribution in [0.15, 0.2) is 35.9 Å². The van der Waals surface area contributed by atoms with E-state index in [9.17, 15) is 9.59 Å². The molecular weight excluding hydrogens is 304 g/mol. The zero-order chi connectivity index (χ0) is 17.4. The highest BCUT2D eigenvalue weighted by Crippen LogP contribution is 2.19. The Morgan fingerprint density at radius 2 is 2.21 bits per heavy atom. The van der Waals surface area contributed by atoms with Crippen molar-refractivity contribution in [3.63, 3.8) is 0 Å². The Morgan fingerprint density at radius 1 is 1.38 bits per heavy atom. The van der Waals surface area contributed by atoms with E-state index in [1.165, 1.54) is 24.5 Å². The Morgan fingerprint density at radius 3 is 2.92 bits per heavy atom. The number of nitrogens with one attached hydrogen (secondary N) is 1. The van der Waals surface area contributed by atoms with E-state index in [1.54, 1.807) is 25.1 Å². The van der Waals surface area contributed by atoms with E-state index in [1.807, 2.05) is 6.07 Å². The number of nitrogens with zero attached hydrogens (tertiary/aromatic N) is 1. The van der Waals surface area contributed by atoms with Crippen molar-refractivity contribution in [1.82, 2.24) is 5.32 Å². The molecule has 126 valence electrons. The highest BCUT2D eigenvalue weighted by molar-refractivity contribution is 5.92. The summed E-state index contributed by atoms with van der Waals surface area (Å²) in [7, 11) is 0. The Balaban J connectivity index is 1.79. The van der Waals surface area contributed by atoms with Crippen molar-refractivity contribution in [2.24, 2.45) is 0 Å². The topological polar surface area (TPSA) is 79.2 Å². The average Bonchev–Trinajstić information content (AvgIpc) is 2.62. The maximum absolute atomic E-state index is 12.0. The molecule has 1 aromatic carbocycles. The predicted molar refractivity (Wildman–Crippen MR) is 90.2 cm³/mol. The number of nitriles is 1. The summed E-state index contributed by atoms with van der Waals surface area (Å²) in [6, 6.07) is 8.18. The molecule has 0 aliphatic heterocycles. The third kappa shape index (κ3) is 5.24. The predicted octanol–water partition coefficient (Wildman–Crippen LogP) is 3.11. The first kappa shape index (κ1) is 17.7. The van der Waals surface area contributed by atoms with Gasteiger partial charge in [-0.25, -0.2) is 4.79 Å². The molecule has 5 nitrogen and oxygen atoms in total. The van der Waals surface area contributed by atoms with Crippen molar-refractivity contribution in [2.45, 2.75) is 45.1 Å². The average molecular weight is 326 g/mol. The Labute approximate surface area is 142 Å². The van der Waals surface area contributed by atoms with Gasteiger partial charge < -0.3 is 10.1 Å². The maximum Gasteiger partial charge on any atom is 0.338 e. The van der Waals surface area contributed by atoms with E-state index in [0.29, 0.717) is 12.1 Å². The second kappa shape index (κ2) is 8.88. The first-order chi connectivity index (χ1) is 11.6. The fourth-order valence-electron chi connectivity index (χ4n) is 2.62. The minimum absolute atomic E-state index is 0.265. The Hall–Kier alpha value is -2.61. The van der Waals surface area contributed by atoms with Crippen LogP contribution in [0.25, 0.3) is 0 Å². The Bertz CT molecular complexity index is 673. The largest absolute Gasteiger partial charge is 0.449 e. The number of carbonyl (C=O) groups excluding carboxylic acids is 2. The lowest BCUT2D eigenvalue weighted by molar-refractivity contribution is -0.129. The van der Waals surface area contributed by atoms with Crippen LogP contribution >= 0.6 is 0 Å². The van der Waals surface area contributed by atoms with Crippen LogP contribution in [-0.4, -0.2) is 24.5 Å². The summed E-state index contributed by atoms with van der Waals surface area (Å²) in [5, 5.41) is 11.6. The molecule has 0 aromatic heterocycles. The van der Waals surface area contributed by atoms with E-state index in [0.717, 1.165) is 19.3 Å². The highest BCUT2D eigenvalue weighted by atomic mass is 16.5. The zero-order valence-electron chi connectivity index (χ0n) is 13.9. The van der Waals surface area contributed by atoms with Crippen molar-refractivity contribution in [3.8, 4) is 6.07 Å². The molecule has 1 aliphatic carbocycles. The van der Waals surface area contributed by atoms with E-state index in [-0.39, 0.29) is 11.5 Å². The van der Waals surface area contributed by atoms with Gasteiger partial charge in [-0.2, -0.15) is 5.26 Å². The first-order valence-electron chi connectivity index (χ1n) is 8.27. The second-order valence-electron chi connectivity index (χ2n) is 5.89. The molecule has 0 spiro atoms. The molecule has 1 amide bonds. The van der Waals surface area contributed by atoms with Crippen LogP contribution in [0.5, 0.6) is 0 Å². The van der Waals surface area contributed by atoms with Crippen LogP contribution in [-0.2, 0) is 9.53 Å². The normalized spacial score (nSPS) is 14.9. The fraction of sp³-hybridized carbons (Fsp3) is 0.421. The van der Waals surface area contributed by atoms with Crippen molar-refractivity contribution in [2.75, 3.05) is 6.54 Å². The van der Waals surface area contributed by atoms with Gasteiger partial charge in [-0.1, -0.05) is 17.7 Å². The minimum Gasteiger partial charge on any atom is -0.449 e. The number of ether oxygens (including phenoxy) is 1. The van der Waals surface area contributed by atoms with Gasteiger partial charge in [-0.3, -0.25) is 4.79 Å². The zero-order valence-corrected chi connectivity index (χ0v) is 13.9. The summed E-state index contributed by atoms with van der Waals surface area (Å²) in [6.07, 6.45) is 6.92. The number of amides is 1. The van der Waals surface area contributed by atoms with Crippen LogP contribution in [0, 0.1) is 11.3 Å². The monoisotopic (exact) mass is 326 g/mol. The molecule has 24 heavy (non-hydrogen) atoms. The van der Waals surface area contributed by atoms with E-state index >= 15 is 0 Å². The number of rotatable bonds is 6. The Kier molecular flexibility index (Phi) is 6.56. The van der Waals surface area contributed by atoms with Gasteiger partial charge in [0, 0.05) is 6.54 Å². The van der Waals surface area contributed by atoms with Crippen LogP contribution in [0.4, 0.5) is 0 Å². The molecule has 1 atom stereocenters. The number of allylic oxidation sites excluding steroid dienone is 1. The van der Waals surface area contributed by atoms with E-state index < -0.39 is 12.1 Å². The molecule has 1 aromatic rings. The van der Waals surface area contributed by atoms with Crippen molar-refractivity contribution < 1.29 is 14.3 Å². The lowest BCUT2D eigenvalue weighted by Crippen LogP contribution is -2.36. The van der Waals surface area contributed by atoms with Gasteiger partial charge in [0.2, 0.25) is 0 Å². The van der Waals surface area contributed by atoms with Crippen molar-refractivity contribution in [1.29, 1.82) is 5.26 Å². The molecule has 2 rings (SSSR count). The molecule has 0 saturated carbocycles. The summed E-state index contributed by atoms with van der Waals surface area (Å²) in [6.45, 7) is 2.09. The third-order valence-corrected chi connectivity index (χ3v) is 4.01. The SMILES string of the molecule is C[C@@H](OC(=O)c1cccc(C#N)c1)C(=O)NCCC1=CCCCC1. The van der Waals surface area contributed by atoms with Crippen LogP contribution in [0.1, 0.15) is 54.9 Å². The highest BCUT2D eigenvalue weighted by Gasteiger charge is 2.19. The summed E-state index contributed by atoms with van der Waals surface area (Å²) >= 11 is 0. The molecule has 1 N–H and O–H groups in total. The van der Waals surface area contributed by atoms with Crippen LogP contribution in [0.3, 0.4) is 0 Å². The fourth-order valence-corrected chi connectivity index (χ4v) is 2.62. The van der Waals surface area contributed by atoms with E-state index in [4.69, 9.17) is 10.00 Å². The lowest BCUT2D eigenvalue weighted by Gasteiger charge is -2.15. The van der Waals surface area contributed by atoms with Gasteiger partial charge in [0.15, 0.2) is 6.10 Å². The summed E-state index contributed by atoms with van der Waals surface area (Å²) < 4.78 is 5.17. The molecule has 1 aliphatic rings. The number of hydrogen-bond acceptors (Lipinski definition) is 4. The van der Waals surface area contributed by atoms with Crippen LogP contribution in [0.2, 0.25) is 0 Å². The van der Waals surface area contributed by atoms with Crippen molar-refractivity contribution >= 4 is 11.9 Å². The molecule has 0 bridgehead atoms. The molecule has 5 heteroatoms. The van der Waals surface area contributed by atoms with E-state index in [2.05, 4.69) is 11.4 Å². The van der Waals surface area contributed by atoms with Gasteiger partial charge >= 0.3 is 5.97 Å². The van der Waals surface area contributed by atoms with Gasteiger partial charge in [0.25, 0.3) is 5.91 Å². The van der Waals surface area contributed by atoms with Crippen LogP contribution < -0.4 is 5.32 Å². The standard InChI is InChI=1S/C19H22N2O3/c1-14(18(22)21-11-10-15-6-3-2-4-7-15)24-19(23)17-9-5-8-16(12-17)13-20/h5-6,8-9,12,14H,2-4,7,10-11H2,1H3,(H,21,22)/t14-/m1/s1. The van der Waals surface area contributed by atoms with Gasteiger partial charge in [0.05, 0.1) is 17.2 Å². The summed E-state index contributed by atoms with van der Waals surface area (Å²) in [4.78, 5) is 24.0. The number of benzene rings is 1. The smallest absolute Gasteiger partial charge is 0.338 e. The lowest BCUT2D eigenvalue weighted by atomic mass is 9.97. The summed E-state index contributed by atoms with van der Waals surface area (Å²) in [5.74, 6) is -0.916. The minimum atomic E-state index is -0.872. The number of carbonyl (C=O) groups is 2. The van der Waals surface area contributed by atoms with Crippen molar-refractivity contribution in [3.05, 3.63) is 47.0 Å². The quantitative estimate of drug-likeness (QED) is 0.643. The molecule has 0 heterocycles. The van der Waals surface area contributed by atoms with Gasteiger partial charge in [-0.15, -0.1) is 0 Å². The van der Waals surface area contributed by atoms with Gasteiger partial charge in [0.1, 0.15) is 0 Å². The van der Waals surface area contributed by atoms with Gasteiger partial charge in [-0.05, 0) is 57.2 Å². The molecular formula is C19H22N2O3. The second-order valence-corrected chi connectivity index (χ2v) is 5.89. The maximum atomic E-state index is 12.0. The summed E-state index contributed by atoms with van der Waals surface area (Å²) in [5.41, 5.74) is 2.03. The number of esters is 1.